The molecule has 1 aromatic heterocycles. The second kappa shape index (κ2) is 5.60. The van der Waals surface area contributed by atoms with Crippen molar-refractivity contribution in [2.24, 2.45) is 0 Å². The van der Waals surface area contributed by atoms with Crippen LogP contribution in [0.5, 0.6) is 11.5 Å². The van der Waals surface area contributed by atoms with Gasteiger partial charge in [-0.15, -0.1) is 0 Å². The first-order valence-corrected chi connectivity index (χ1v) is 7.39. The molecular weight excluding hydrogens is 304 g/mol. The van der Waals surface area contributed by atoms with Gasteiger partial charge in [-0.3, -0.25) is 4.79 Å². The molecule has 0 bridgehead atoms. The Morgan fingerprint density at radius 1 is 0.958 bits per heavy atom. The summed E-state index contributed by atoms with van der Waals surface area (Å²) < 4.78 is 10.7. The van der Waals surface area contributed by atoms with E-state index in [1.165, 1.54) is 0 Å². The van der Waals surface area contributed by atoms with E-state index in [0.717, 1.165) is 11.1 Å². The molecule has 0 aliphatic carbocycles. The van der Waals surface area contributed by atoms with Gasteiger partial charge < -0.3 is 14.5 Å². The second-order valence-electron chi connectivity index (χ2n) is 5.35. The molecule has 0 amide bonds. The lowest BCUT2D eigenvalue weighted by atomic mass is 9.99. The van der Waals surface area contributed by atoms with Crippen LogP contribution in [0.15, 0.2) is 59.4 Å². The zero-order valence-electron chi connectivity index (χ0n) is 12.6. The highest BCUT2D eigenvalue weighted by atomic mass is 16.7. The Bertz CT molecular complexity index is 1020. The summed E-state index contributed by atoms with van der Waals surface area (Å²) >= 11 is 0. The first-order valence-electron chi connectivity index (χ1n) is 7.39. The third kappa shape index (κ3) is 2.31. The van der Waals surface area contributed by atoms with Gasteiger partial charge in [0.2, 0.25) is 6.79 Å². The second-order valence-corrected chi connectivity index (χ2v) is 5.35. The van der Waals surface area contributed by atoms with Crippen molar-refractivity contribution >= 4 is 0 Å². The Kier molecular flexibility index (Phi) is 3.29. The number of hydrogen-bond acceptors (Lipinski definition) is 4. The van der Waals surface area contributed by atoms with E-state index in [9.17, 15) is 10.1 Å². The van der Waals surface area contributed by atoms with Crippen LogP contribution >= 0.6 is 0 Å². The Hall–Kier alpha value is -3.52. The summed E-state index contributed by atoms with van der Waals surface area (Å²) in [6, 6.07) is 18.7. The molecule has 3 aromatic rings. The Morgan fingerprint density at radius 3 is 2.54 bits per heavy atom. The van der Waals surface area contributed by atoms with Gasteiger partial charge in [0.05, 0.1) is 0 Å². The van der Waals surface area contributed by atoms with Crippen molar-refractivity contribution in [2.45, 2.75) is 0 Å². The number of rotatable bonds is 2. The Labute approximate surface area is 137 Å². The molecular formula is C19H12N2O3. The molecule has 0 saturated carbocycles. The van der Waals surface area contributed by atoms with Crippen LogP contribution < -0.4 is 15.0 Å². The van der Waals surface area contributed by atoms with Gasteiger partial charge in [0.1, 0.15) is 11.6 Å². The molecule has 0 saturated heterocycles. The average Bonchev–Trinajstić information content (AvgIpc) is 3.09. The molecule has 1 aliphatic rings. The molecule has 0 atom stereocenters. The van der Waals surface area contributed by atoms with Crippen molar-refractivity contribution in [2.75, 3.05) is 6.79 Å². The van der Waals surface area contributed by atoms with Crippen LogP contribution in [0.4, 0.5) is 0 Å². The molecule has 0 spiro atoms. The fraction of sp³-hybridized carbons (Fsp3) is 0.0526. The van der Waals surface area contributed by atoms with Crippen LogP contribution in [0.25, 0.3) is 22.4 Å². The van der Waals surface area contributed by atoms with Crippen molar-refractivity contribution < 1.29 is 9.47 Å². The predicted octanol–water partition coefficient (Wildman–Crippen LogP) is 3.31. The fourth-order valence-corrected chi connectivity index (χ4v) is 2.74. The monoisotopic (exact) mass is 316 g/mol. The lowest BCUT2D eigenvalue weighted by Gasteiger charge is -2.09. The van der Waals surface area contributed by atoms with E-state index in [0.29, 0.717) is 22.8 Å². The lowest BCUT2D eigenvalue weighted by Crippen LogP contribution is -2.12. The summed E-state index contributed by atoms with van der Waals surface area (Å²) in [7, 11) is 0. The maximum Gasteiger partial charge on any atom is 0.266 e. The molecule has 2 aromatic carbocycles. The van der Waals surface area contributed by atoms with Gasteiger partial charge in [-0.25, -0.2) is 0 Å². The number of benzene rings is 2. The third-order valence-electron chi connectivity index (χ3n) is 3.91. The van der Waals surface area contributed by atoms with Gasteiger partial charge in [-0.1, -0.05) is 36.4 Å². The molecule has 116 valence electrons. The van der Waals surface area contributed by atoms with Gasteiger partial charge in [-0.2, -0.15) is 5.26 Å². The third-order valence-corrected chi connectivity index (χ3v) is 3.91. The van der Waals surface area contributed by atoms with E-state index < -0.39 is 5.56 Å². The quantitative estimate of drug-likeness (QED) is 0.787. The molecule has 0 fully saturated rings. The molecule has 2 heterocycles. The van der Waals surface area contributed by atoms with Crippen LogP contribution in [0, 0.1) is 11.3 Å². The molecule has 1 N–H and O–H groups in total. The number of fused-ring (bicyclic) bond motifs is 1. The minimum atomic E-state index is -0.411. The minimum Gasteiger partial charge on any atom is -0.454 e. The highest BCUT2D eigenvalue weighted by Gasteiger charge is 2.17. The van der Waals surface area contributed by atoms with Crippen molar-refractivity contribution in [1.82, 2.24) is 4.98 Å². The van der Waals surface area contributed by atoms with E-state index in [-0.39, 0.29) is 12.4 Å². The summed E-state index contributed by atoms with van der Waals surface area (Å²) in [6.07, 6.45) is 0. The van der Waals surface area contributed by atoms with Crippen LogP contribution in [0.3, 0.4) is 0 Å². The number of aromatic nitrogens is 1. The Balaban J connectivity index is 1.92. The number of ether oxygens (including phenoxy) is 2. The van der Waals surface area contributed by atoms with Crippen LogP contribution in [-0.4, -0.2) is 11.8 Å². The number of pyridine rings is 1. The number of nitrogens with one attached hydrogen (secondary N) is 1. The standard InChI is InChI=1S/C19H12N2O3/c20-10-15-14(13-6-7-17-18(8-13)24-11-23-17)9-16(21-19(15)22)12-4-2-1-3-5-12/h1-9H,11H2,(H,21,22). The number of aromatic amines is 1. The van der Waals surface area contributed by atoms with E-state index in [1.54, 1.807) is 12.1 Å². The average molecular weight is 316 g/mol. The zero-order chi connectivity index (χ0) is 16.5. The summed E-state index contributed by atoms with van der Waals surface area (Å²) in [4.78, 5) is 15.1. The van der Waals surface area contributed by atoms with Crippen molar-refractivity contribution in [3.8, 4) is 40.0 Å². The lowest BCUT2D eigenvalue weighted by molar-refractivity contribution is 0.174. The predicted molar refractivity (Wildman–Crippen MR) is 88.8 cm³/mol. The van der Waals surface area contributed by atoms with Gasteiger partial charge in [-0.05, 0) is 29.3 Å². The number of hydrogen-bond donors (Lipinski definition) is 1. The van der Waals surface area contributed by atoms with E-state index in [2.05, 4.69) is 4.98 Å². The van der Waals surface area contributed by atoms with Crippen LogP contribution in [0.2, 0.25) is 0 Å². The SMILES string of the molecule is N#Cc1c(-c2ccc3c(c2)OCO3)cc(-c2ccccc2)[nH]c1=O. The topological polar surface area (TPSA) is 75.1 Å². The Morgan fingerprint density at radius 2 is 1.75 bits per heavy atom. The normalized spacial score (nSPS) is 12.0. The van der Waals surface area contributed by atoms with E-state index in [1.807, 2.05) is 48.5 Å². The van der Waals surface area contributed by atoms with Crippen molar-refractivity contribution in [1.29, 1.82) is 5.26 Å². The smallest absolute Gasteiger partial charge is 0.266 e. The maximum atomic E-state index is 12.3. The largest absolute Gasteiger partial charge is 0.454 e. The molecule has 0 unspecified atom stereocenters. The summed E-state index contributed by atoms with van der Waals surface area (Å²) in [5.41, 5.74) is 2.51. The summed E-state index contributed by atoms with van der Waals surface area (Å²) in [5, 5.41) is 9.39. The highest BCUT2D eigenvalue weighted by Crippen LogP contribution is 2.37. The number of nitriles is 1. The molecule has 0 radical (unpaired) electrons. The molecule has 5 nitrogen and oxygen atoms in total. The first-order chi connectivity index (χ1) is 11.8. The van der Waals surface area contributed by atoms with Crippen LogP contribution in [0.1, 0.15) is 5.56 Å². The van der Waals surface area contributed by atoms with Crippen molar-refractivity contribution in [3.63, 3.8) is 0 Å². The first kappa shape index (κ1) is 14.1. The number of H-pyrrole nitrogens is 1. The fourth-order valence-electron chi connectivity index (χ4n) is 2.74. The molecule has 4 rings (SSSR count). The molecule has 5 heteroatoms. The summed E-state index contributed by atoms with van der Waals surface area (Å²) in [6.45, 7) is 0.175. The van der Waals surface area contributed by atoms with E-state index >= 15 is 0 Å². The summed E-state index contributed by atoms with van der Waals surface area (Å²) in [5.74, 6) is 1.27. The van der Waals surface area contributed by atoms with Crippen LogP contribution in [-0.2, 0) is 0 Å². The van der Waals surface area contributed by atoms with E-state index in [4.69, 9.17) is 9.47 Å². The minimum absolute atomic E-state index is 0.0774. The molecule has 1 aliphatic heterocycles. The van der Waals surface area contributed by atoms with Gasteiger partial charge in [0.15, 0.2) is 11.5 Å². The zero-order valence-corrected chi connectivity index (χ0v) is 12.6. The maximum absolute atomic E-state index is 12.3. The van der Waals surface area contributed by atoms with Gasteiger partial charge in [0.25, 0.3) is 5.56 Å². The van der Waals surface area contributed by atoms with Gasteiger partial charge in [0, 0.05) is 11.3 Å². The van der Waals surface area contributed by atoms with Gasteiger partial charge >= 0.3 is 0 Å². The van der Waals surface area contributed by atoms with Crippen molar-refractivity contribution in [3.05, 3.63) is 70.5 Å². The highest BCUT2D eigenvalue weighted by molar-refractivity contribution is 5.76. The number of nitrogens with zero attached hydrogens (tertiary/aromatic N) is 1. The molecule has 24 heavy (non-hydrogen) atoms.